The Bertz CT molecular complexity index is 940. The van der Waals surface area contributed by atoms with Gasteiger partial charge in [-0.05, 0) is 36.8 Å². The molecule has 1 atom stereocenters. The molecule has 1 aliphatic heterocycles. The van der Waals surface area contributed by atoms with E-state index >= 15 is 0 Å². The Morgan fingerprint density at radius 1 is 1.16 bits per heavy atom. The summed E-state index contributed by atoms with van der Waals surface area (Å²) in [5.41, 5.74) is 0.766. The zero-order valence-electron chi connectivity index (χ0n) is 13.2. The van der Waals surface area contributed by atoms with E-state index in [4.69, 9.17) is 0 Å². The number of sulfonamides is 1. The van der Waals surface area contributed by atoms with Crippen molar-refractivity contribution in [3.63, 3.8) is 0 Å². The first-order valence-electron chi connectivity index (χ1n) is 7.36. The molecular formula is C16H14BrN3O4S. The molecule has 130 valence electrons. The first-order valence-corrected chi connectivity index (χ1v) is 9.59. The highest BCUT2D eigenvalue weighted by molar-refractivity contribution is 9.10. The van der Waals surface area contributed by atoms with Gasteiger partial charge in [0.15, 0.2) is 0 Å². The van der Waals surface area contributed by atoms with Gasteiger partial charge in [-0.15, -0.1) is 0 Å². The summed E-state index contributed by atoms with van der Waals surface area (Å²) in [6, 6.07) is 12.1. The molecule has 0 saturated carbocycles. The summed E-state index contributed by atoms with van der Waals surface area (Å²) in [7, 11) is -3.81. The van der Waals surface area contributed by atoms with E-state index in [1.165, 1.54) is 28.6 Å². The van der Waals surface area contributed by atoms with Gasteiger partial charge in [-0.25, -0.2) is 8.42 Å². The molecule has 0 saturated heterocycles. The zero-order valence-corrected chi connectivity index (χ0v) is 15.6. The van der Waals surface area contributed by atoms with Gasteiger partial charge < -0.3 is 0 Å². The average molecular weight is 424 g/mol. The first kappa shape index (κ1) is 17.6. The predicted molar refractivity (Wildman–Crippen MR) is 97.0 cm³/mol. The minimum Gasteiger partial charge on any atom is -0.262 e. The van der Waals surface area contributed by atoms with E-state index in [0.717, 1.165) is 10.0 Å². The predicted octanol–water partition coefficient (Wildman–Crippen LogP) is 3.52. The van der Waals surface area contributed by atoms with Crippen LogP contribution in [0, 0.1) is 10.1 Å². The van der Waals surface area contributed by atoms with Crippen molar-refractivity contribution in [2.75, 3.05) is 6.54 Å². The molecule has 0 aliphatic carbocycles. The van der Waals surface area contributed by atoms with Gasteiger partial charge >= 0.3 is 0 Å². The van der Waals surface area contributed by atoms with E-state index in [1.54, 1.807) is 6.92 Å². The monoisotopic (exact) mass is 423 g/mol. The van der Waals surface area contributed by atoms with Crippen molar-refractivity contribution in [1.29, 1.82) is 0 Å². The van der Waals surface area contributed by atoms with Crippen LogP contribution in [0.25, 0.3) is 0 Å². The molecule has 25 heavy (non-hydrogen) atoms. The molecule has 2 aromatic rings. The molecule has 0 radical (unpaired) electrons. The summed E-state index contributed by atoms with van der Waals surface area (Å²) >= 11 is 3.37. The summed E-state index contributed by atoms with van der Waals surface area (Å²) in [5.74, 6) is 0.395. The summed E-state index contributed by atoms with van der Waals surface area (Å²) in [4.78, 5) is 14.6. The summed E-state index contributed by atoms with van der Waals surface area (Å²) < 4.78 is 27.8. The Morgan fingerprint density at radius 3 is 2.32 bits per heavy atom. The summed E-state index contributed by atoms with van der Waals surface area (Å²) in [6.45, 7) is 1.84. The average Bonchev–Trinajstić information content (AvgIpc) is 2.98. The Labute approximate surface area is 153 Å². The van der Waals surface area contributed by atoms with Crippen LogP contribution in [0.2, 0.25) is 0 Å². The number of hydrogen-bond donors (Lipinski definition) is 0. The van der Waals surface area contributed by atoms with Gasteiger partial charge in [-0.1, -0.05) is 28.1 Å². The molecule has 2 aromatic carbocycles. The minimum absolute atomic E-state index is 0.00380. The Kier molecular flexibility index (Phi) is 4.61. The fourth-order valence-corrected chi connectivity index (χ4v) is 4.36. The molecule has 7 nitrogen and oxygen atoms in total. The van der Waals surface area contributed by atoms with E-state index < -0.39 is 14.9 Å². The maximum Gasteiger partial charge on any atom is 0.269 e. The number of hydrogen-bond acceptors (Lipinski definition) is 5. The minimum atomic E-state index is -3.81. The lowest BCUT2D eigenvalue weighted by Gasteiger charge is -2.19. The van der Waals surface area contributed by atoms with Crippen LogP contribution in [0.4, 0.5) is 5.69 Å². The van der Waals surface area contributed by atoms with Crippen LogP contribution in [0.5, 0.6) is 0 Å². The summed E-state index contributed by atoms with van der Waals surface area (Å²) in [6.07, 6.45) is 0. The Balaban J connectivity index is 1.87. The fourth-order valence-electron chi connectivity index (χ4n) is 2.62. The quantitative estimate of drug-likeness (QED) is 0.555. The standard InChI is InChI=1S/C16H14BrN3O4S/c1-11-18-16(12-2-4-13(17)5-3-12)10-19(11)25(23,24)15-8-6-14(7-9-15)20(21)22/h2-9,16H,10H2,1H3. The number of nitro groups is 1. The number of benzene rings is 2. The molecule has 0 N–H and O–H groups in total. The highest BCUT2D eigenvalue weighted by Gasteiger charge is 2.33. The van der Waals surface area contributed by atoms with E-state index in [-0.39, 0.29) is 23.2 Å². The number of rotatable bonds is 4. The lowest BCUT2D eigenvalue weighted by molar-refractivity contribution is -0.384. The fraction of sp³-hybridized carbons (Fsp3) is 0.188. The van der Waals surface area contributed by atoms with Gasteiger partial charge in [0.1, 0.15) is 5.84 Å². The number of aliphatic imine (C=N–C) groups is 1. The van der Waals surface area contributed by atoms with E-state index in [1.807, 2.05) is 24.3 Å². The molecule has 0 aromatic heterocycles. The van der Waals surface area contributed by atoms with Gasteiger partial charge in [0.05, 0.1) is 22.4 Å². The van der Waals surface area contributed by atoms with E-state index in [0.29, 0.717) is 5.84 Å². The van der Waals surface area contributed by atoms with Crippen LogP contribution in [-0.4, -0.2) is 30.0 Å². The molecular weight excluding hydrogens is 410 g/mol. The number of nitro benzene ring substituents is 1. The lowest BCUT2D eigenvalue weighted by atomic mass is 10.1. The van der Waals surface area contributed by atoms with Crippen LogP contribution in [-0.2, 0) is 10.0 Å². The van der Waals surface area contributed by atoms with Crippen molar-refractivity contribution >= 4 is 37.5 Å². The lowest BCUT2D eigenvalue weighted by Crippen LogP contribution is -2.33. The SMILES string of the molecule is CC1=NC(c2ccc(Br)cc2)CN1S(=O)(=O)c1ccc([N+](=O)[O-])cc1. The molecule has 0 fully saturated rings. The summed E-state index contributed by atoms with van der Waals surface area (Å²) in [5, 5.41) is 10.7. The normalized spacial score (nSPS) is 17.4. The van der Waals surface area contributed by atoms with Crippen molar-refractivity contribution in [1.82, 2.24) is 4.31 Å². The molecule has 9 heteroatoms. The van der Waals surface area contributed by atoms with Crippen molar-refractivity contribution < 1.29 is 13.3 Å². The second kappa shape index (κ2) is 6.57. The third-order valence-electron chi connectivity index (χ3n) is 3.93. The van der Waals surface area contributed by atoms with Crippen molar-refractivity contribution in [2.24, 2.45) is 4.99 Å². The van der Waals surface area contributed by atoms with Crippen LogP contribution in [0.3, 0.4) is 0 Å². The van der Waals surface area contributed by atoms with Gasteiger partial charge in [-0.3, -0.25) is 19.4 Å². The maximum atomic E-state index is 12.8. The highest BCUT2D eigenvalue weighted by atomic mass is 79.9. The second-order valence-electron chi connectivity index (χ2n) is 5.53. The third-order valence-corrected chi connectivity index (χ3v) is 6.32. The molecule has 3 rings (SSSR count). The van der Waals surface area contributed by atoms with Crippen LogP contribution in [0.1, 0.15) is 18.5 Å². The topological polar surface area (TPSA) is 92.9 Å². The number of non-ortho nitro benzene ring substituents is 1. The molecule has 0 spiro atoms. The molecule has 1 heterocycles. The molecule has 1 unspecified atom stereocenters. The van der Waals surface area contributed by atoms with Gasteiger partial charge in [0, 0.05) is 16.6 Å². The number of nitrogens with zero attached hydrogens (tertiary/aromatic N) is 3. The van der Waals surface area contributed by atoms with Crippen LogP contribution < -0.4 is 0 Å². The smallest absolute Gasteiger partial charge is 0.262 e. The van der Waals surface area contributed by atoms with Crippen LogP contribution >= 0.6 is 15.9 Å². The first-order chi connectivity index (χ1) is 11.8. The van der Waals surface area contributed by atoms with Gasteiger partial charge in [-0.2, -0.15) is 0 Å². The maximum absolute atomic E-state index is 12.8. The highest BCUT2D eigenvalue weighted by Crippen LogP contribution is 2.30. The number of amidine groups is 1. The van der Waals surface area contributed by atoms with E-state index in [2.05, 4.69) is 20.9 Å². The van der Waals surface area contributed by atoms with E-state index in [9.17, 15) is 18.5 Å². The van der Waals surface area contributed by atoms with Crippen molar-refractivity contribution in [3.8, 4) is 0 Å². The van der Waals surface area contributed by atoms with Gasteiger partial charge in [0.25, 0.3) is 15.7 Å². The molecule has 1 aliphatic rings. The Morgan fingerprint density at radius 2 is 1.76 bits per heavy atom. The van der Waals surface area contributed by atoms with Crippen LogP contribution in [0.15, 0.2) is 62.9 Å². The second-order valence-corrected chi connectivity index (χ2v) is 8.31. The van der Waals surface area contributed by atoms with Crippen molar-refractivity contribution in [2.45, 2.75) is 17.9 Å². The van der Waals surface area contributed by atoms with Gasteiger partial charge in [0.2, 0.25) is 0 Å². The van der Waals surface area contributed by atoms with Crippen molar-refractivity contribution in [3.05, 3.63) is 68.7 Å². The molecule has 0 amide bonds. The number of halogens is 1. The zero-order chi connectivity index (χ0) is 18.2. The Hall–Kier alpha value is -2.26. The third kappa shape index (κ3) is 3.42. The largest absolute Gasteiger partial charge is 0.269 e. The molecule has 0 bridgehead atoms.